The van der Waals surface area contributed by atoms with Gasteiger partial charge in [0.25, 0.3) is 0 Å². The van der Waals surface area contributed by atoms with E-state index in [2.05, 4.69) is 77.4 Å². The van der Waals surface area contributed by atoms with Crippen molar-refractivity contribution >= 4 is 0 Å². The Hall–Kier alpha value is -2.32. The third-order valence-electron chi connectivity index (χ3n) is 3.91. The molecule has 0 amide bonds. The fourth-order valence-corrected chi connectivity index (χ4v) is 2.76. The summed E-state index contributed by atoms with van der Waals surface area (Å²) in [6, 6.07) is 25.5. The third-order valence-corrected chi connectivity index (χ3v) is 3.91. The van der Waals surface area contributed by atoms with Gasteiger partial charge in [-0.3, -0.25) is 0 Å². The van der Waals surface area contributed by atoms with Gasteiger partial charge in [-0.1, -0.05) is 60.7 Å². The lowest BCUT2D eigenvalue weighted by atomic mass is 10.1. The molecule has 0 radical (unpaired) electrons. The summed E-state index contributed by atoms with van der Waals surface area (Å²) in [5.74, 6) is 0. The Morgan fingerprint density at radius 2 is 1.24 bits per heavy atom. The number of rotatable bonds is 4. The first-order valence-corrected chi connectivity index (χ1v) is 7.34. The van der Waals surface area contributed by atoms with Gasteiger partial charge >= 0.3 is 0 Å². The van der Waals surface area contributed by atoms with Crippen LogP contribution in [-0.4, -0.2) is 17.3 Å². The molecule has 2 heterocycles. The van der Waals surface area contributed by atoms with Crippen molar-refractivity contribution in [3.63, 3.8) is 0 Å². The normalized spacial score (nSPS) is 16.9. The molecule has 1 fully saturated rings. The first-order chi connectivity index (χ1) is 10.4. The van der Waals surface area contributed by atoms with E-state index in [1.54, 1.807) is 0 Å². The zero-order valence-electron chi connectivity index (χ0n) is 11.8. The van der Waals surface area contributed by atoms with Crippen LogP contribution in [-0.2, 0) is 11.3 Å². The summed E-state index contributed by atoms with van der Waals surface area (Å²) in [5.41, 5.74) is 5.01. The molecule has 1 aliphatic rings. The molecule has 0 bridgehead atoms. The van der Waals surface area contributed by atoms with E-state index in [0.29, 0.717) is 6.10 Å². The predicted octanol–water partition coefficient (Wildman–Crippen LogP) is 4.22. The average molecular weight is 275 g/mol. The van der Waals surface area contributed by atoms with Crippen LogP contribution in [0.1, 0.15) is 0 Å². The number of benzene rings is 2. The highest BCUT2D eigenvalue weighted by Gasteiger charge is 2.25. The molecule has 0 spiro atoms. The molecular weight excluding hydrogens is 258 g/mol. The number of aromatic nitrogens is 1. The van der Waals surface area contributed by atoms with Crippen molar-refractivity contribution in [1.29, 1.82) is 0 Å². The van der Waals surface area contributed by atoms with E-state index in [4.69, 9.17) is 4.74 Å². The lowest BCUT2D eigenvalue weighted by Gasteiger charge is -2.13. The zero-order valence-corrected chi connectivity index (χ0v) is 11.8. The molecule has 0 aliphatic carbocycles. The lowest BCUT2D eigenvalue weighted by molar-refractivity contribution is 0.385. The third kappa shape index (κ3) is 2.50. The highest BCUT2D eigenvalue weighted by molar-refractivity contribution is 5.69. The van der Waals surface area contributed by atoms with E-state index in [-0.39, 0.29) is 0 Å². The van der Waals surface area contributed by atoms with Crippen LogP contribution in [0.2, 0.25) is 0 Å². The molecule has 1 saturated heterocycles. The maximum absolute atomic E-state index is 5.44. The van der Waals surface area contributed by atoms with Gasteiger partial charge in [-0.25, -0.2) is 0 Å². The average Bonchev–Trinajstić information content (AvgIpc) is 3.27. The number of epoxide rings is 1. The Kier molecular flexibility index (Phi) is 3.09. The van der Waals surface area contributed by atoms with Crippen LogP contribution in [0, 0.1) is 0 Å². The standard InChI is InChI=1S/C19H17NO/c1-3-7-15(8-4-1)18-11-12-19(16-9-5-2-6-10-16)20(18)13-17-14-21-17/h1-12,17H,13-14H2/t17-/m1/s1. The van der Waals surface area contributed by atoms with Crippen molar-refractivity contribution in [3.8, 4) is 22.5 Å². The van der Waals surface area contributed by atoms with Crippen molar-refractivity contribution < 1.29 is 4.74 Å². The van der Waals surface area contributed by atoms with Crippen molar-refractivity contribution in [2.45, 2.75) is 12.6 Å². The van der Waals surface area contributed by atoms with Crippen LogP contribution >= 0.6 is 0 Å². The summed E-state index contributed by atoms with van der Waals surface area (Å²) >= 11 is 0. The second-order valence-electron chi connectivity index (χ2n) is 5.40. The topological polar surface area (TPSA) is 17.5 Å². The van der Waals surface area contributed by atoms with E-state index >= 15 is 0 Å². The quantitative estimate of drug-likeness (QED) is 0.652. The van der Waals surface area contributed by atoms with Gasteiger partial charge in [-0.2, -0.15) is 0 Å². The van der Waals surface area contributed by atoms with Crippen LogP contribution < -0.4 is 0 Å². The second kappa shape index (κ2) is 5.23. The largest absolute Gasteiger partial charge is 0.371 e. The first kappa shape index (κ1) is 12.4. The Bertz CT molecular complexity index is 670. The predicted molar refractivity (Wildman–Crippen MR) is 85.0 cm³/mol. The molecular formula is C19H17NO. The van der Waals surface area contributed by atoms with Crippen molar-refractivity contribution in [1.82, 2.24) is 4.57 Å². The van der Waals surface area contributed by atoms with E-state index in [1.807, 2.05) is 0 Å². The fourth-order valence-electron chi connectivity index (χ4n) is 2.76. The Morgan fingerprint density at radius 1 is 0.762 bits per heavy atom. The van der Waals surface area contributed by atoms with Crippen molar-refractivity contribution in [3.05, 3.63) is 72.8 Å². The molecule has 1 aliphatic heterocycles. The van der Waals surface area contributed by atoms with Gasteiger partial charge in [-0.05, 0) is 23.3 Å². The van der Waals surface area contributed by atoms with E-state index in [9.17, 15) is 0 Å². The zero-order chi connectivity index (χ0) is 14.1. The van der Waals surface area contributed by atoms with Gasteiger partial charge in [0.05, 0.1) is 19.3 Å². The second-order valence-corrected chi connectivity index (χ2v) is 5.40. The van der Waals surface area contributed by atoms with E-state index < -0.39 is 0 Å². The Morgan fingerprint density at radius 3 is 1.67 bits per heavy atom. The van der Waals surface area contributed by atoms with Crippen LogP contribution in [0.4, 0.5) is 0 Å². The van der Waals surface area contributed by atoms with Gasteiger partial charge in [0.15, 0.2) is 0 Å². The number of hydrogen-bond acceptors (Lipinski definition) is 1. The maximum atomic E-state index is 5.44. The van der Waals surface area contributed by atoms with Crippen molar-refractivity contribution in [2.24, 2.45) is 0 Å². The molecule has 4 rings (SSSR count). The molecule has 104 valence electrons. The molecule has 0 N–H and O–H groups in total. The first-order valence-electron chi connectivity index (χ1n) is 7.34. The number of hydrogen-bond donors (Lipinski definition) is 0. The van der Waals surface area contributed by atoms with Crippen LogP contribution in [0.3, 0.4) is 0 Å². The smallest absolute Gasteiger partial charge is 0.0988 e. The highest BCUT2D eigenvalue weighted by atomic mass is 16.6. The number of nitrogens with zero attached hydrogens (tertiary/aromatic N) is 1. The minimum atomic E-state index is 0.363. The van der Waals surface area contributed by atoms with E-state index in [1.165, 1.54) is 22.5 Å². The Balaban J connectivity index is 1.82. The lowest BCUT2D eigenvalue weighted by Crippen LogP contribution is -2.07. The van der Waals surface area contributed by atoms with Gasteiger partial charge in [0.2, 0.25) is 0 Å². The van der Waals surface area contributed by atoms with Crippen molar-refractivity contribution in [2.75, 3.05) is 6.61 Å². The summed E-state index contributed by atoms with van der Waals surface area (Å²) in [6.45, 7) is 1.79. The molecule has 2 heteroatoms. The molecule has 2 aromatic carbocycles. The van der Waals surface area contributed by atoms with Crippen LogP contribution in [0.25, 0.3) is 22.5 Å². The molecule has 0 unspecified atom stereocenters. The fraction of sp³-hybridized carbons (Fsp3) is 0.158. The Labute approximate surface area is 124 Å². The minimum Gasteiger partial charge on any atom is -0.371 e. The molecule has 21 heavy (non-hydrogen) atoms. The summed E-state index contributed by atoms with van der Waals surface area (Å²) < 4.78 is 7.82. The van der Waals surface area contributed by atoms with E-state index in [0.717, 1.165) is 13.2 Å². The maximum Gasteiger partial charge on any atom is 0.0988 e. The monoisotopic (exact) mass is 275 g/mol. The van der Waals surface area contributed by atoms with Crippen LogP contribution in [0.5, 0.6) is 0 Å². The van der Waals surface area contributed by atoms with Gasteiger partial charge in [-0.15, -0.1) is 0 Å². The molecule has 3 aromatic rings. The van der Waals surface area contributed by atoms with Crippen LogP contribution in [0.15, 0.2) is 72.8 Å². The molecule has 1 aromatic heterocycles. The molecule has 2 nitrogen and oxygen atoms in total. The molecule has 1 atom stereocenters. The highest BCUT2D eigenvalue weighted by Crippen LogP contribution is 2.30. The van der Waals surface area contributed by atoms with Gasteiger partial charge in [0.1, 0.15) is 0 Å². The molecule has 0 saturated carbocycles. The summed E-state index contributed by atoms with van der Waals surface area (Å²) in [6.07, 6.45) is 0.363. The summed E-state index contributed by atoms with van der Waals surface area (Å²) in [7, 11) is 0. The summed E-state index contributed by atoms with van der Waals surface area (Å²) in [5, 5.41) is 0. The number of ether oxygens (including phenoxy) is 1. The van der Waals surface area contributed by atoms with Gasteiger partial charge in [0, 0.05) is 11.4 Å². The SMILES string of the molecule is c1ccc(-c2ccc(-c3ccccc3)n2C[C@@H]2CO2)cc1. The van der Waals surface area contributed by atoms with Gasteiger partial charge < -0.3 is 9.30 Å². The minimum absolute atomic E-state index is 0.363. The summed E-state index contributed by atoms with van der Waals surface area (Å²) in [4.78, 5) is 0.